The summed E-state index contributed by atoms with van der Waals surface area (Å²) in [5.41, 5.74) is 0. The molecule has 1 rings (SSSR count). The van der Waals surface area contributed by atoms with Gasteiger partial charge >= 0.3 is 0 Å². The van der Waals surface area contributed by atoms with Crippen LogP contribution >= 0.6 is 23.2 Å². The average Bonchev–Trinajstić information content (AvgIpc) is 2.43. The molecule has 56 valence electrons. The van der Waals surface area contributed by atoms with Crippen molar-refractivity contribution in [1.29, 1.82) is 0 Å². The maximum atomic E-state index is 10.7. The van der Waals surface area contributed by atoms with Crippen molar-refractivity contribution in [2.75, 3.05) is 0 Å². The molecule has 3 heteroatoms. The molecule has 0 aromatic rings. The summed E-state index contributed by atoms with van der Waals surface area (Å²) >= 11 is 10.8. The van der Waals surface area contributed by atoms with Crippen molar-refractivity contribution in [3.8, 4) is 0 Å². The van der Waals surface area contributed by atoms with Crippen molar-refractivity contribution in [3.63, 3.8) is 0 Å². The highest BCUT2D eigenvalue weighted by atomic mass is 35.5. The molecule has 2 unspecified atom stereocenters. The van der Waals surface area contributed by atoms with Gasteiger partial charge in [0.25, 0.3) is 0 Å². The lowest BCUT2D eigenvalue weighted by Crippen LogP contribution is -1.93. The van der Waals surface area contributed by atoms with Crippen molar-refractivity contribution >= 4 is 29.0 Å². The first kappa shape index (κ1) is 8.09. The van der Waals surface area contributed by atoms with Gasteiger partial charge in [0.1, 0.15) is 10.3 Å². The molecule has 1 aliphatic rings. The highest BCUT2D eigenvalue weighted by Gasteiger charge is 2.38. The zero-order valence-corrected chi connectivity index (χ0v) is 7.12. The average molecular weight is 179 g/mol. The minimum absolute atomic E-state index is 0.187. The number of ketones is 1. The third-order valence-electron chi connectivity index (χ3n) is 1.70. The van der Waals surface area contributed by atoms with Crippen LogP contribution in [-0.4, -0.2) is 5.78 Å². The molecule has 2 atom stereocenters. The van der Waals surface area contributed by atoms with E-state index in [2.05, 4.69) is 0 Å². The fourth-order valence-corrected chi connectivity index (χ4v) is 1.35. The maximum Gasteiger partial charge on any atom is 0.133 e. The third-order valence-corrected chi connectivity index (χ3v) is 1.95. The molecule has 0 spiro atoms. The molecule has 0 N–H and O–H groups in total. The van der Waals surface area contributed by atoms with Crippen molar-refractivity contribution in [1.82, 2.24) is 0 Å². The van der Waals surface area contributed by atoms with Gasteiger partial charge in [-0.1, -0.05) is 29.3 Å². The lowest BCUT2D eigenvalue weighted by molar-refractivity contribution is -0.118. The number of hydrogen-bond donors (Lipinski definition) is 0. The number of allylic oxidation sites excluding steroid dienone is 1. The molecule has 10 heavy (non-hydrogen) atoms. The van der Waals surface area contributed by atoms with E-state index >= 15 is 0 Å². The topological polar surface area (TPSA) is 17.1 Å². The summed E-state index contributed by atoms with van der Waals surface area (Å²) in [6.07, 6.45) is 2.65. The van der Waals surface area contributed by atoms with Crippen LogP contribution in [0.5, 0.6) is 0 Å². The van der Waals surface area contributed by atoms with Crippen LogP contribution in [0.15, 0.2) is 10.6 Å². The summed E-state index contributed by atoms with van der Waals surface area (Å²) < 4.78 is 0.272. The predicted molar refractivity (Wildman–Crippen MR) is 42.1 cm³/mol. The van der Waals surface area contributed by atoms with Gasteiger partial charge in [0.2, 0.25) is 0 Å². The largest absolute Gasteiger partial charge is 0.300 e. The minimum Gasteiger partial charge on any atom is -0.300 e. The molecule has 0 aromatic heterocycles. The summed E-state index contributed by atoms with van der Waals surface area (Å²) in [7, 11) is 0. The first-order valence-corrected chi connectivity index (χ1v) is 3.90. The molecule has 1 saturated carbocycles. The molecule has 0 aromatic carbocycles. The molecule has 1 nitrogen and oxygen atoms in total. The van der Waals surface area contributed by atoms with E-state index in [1.165, 1.54) is 0 Å². The van der Waals surface area contributed by atoms with E-state index in [0.717, 1.165) is 6.42 Å². The molecule has 0 radical (unpaired) electrons. The van der Waals surface area contributed by atoms with E-state index in [1.807, 2.05) is 0 Å². The number of rotatable bonds is 2. The van der Waals surface area contributed by atoms with E-state index in [9.17, 15) is 4.79 Å². The molecule has 0 aliphatic heterocycles. The van der Waals surface area contributed by atoms with E-state index in [0.29, 0.717) is 5.92 Å². The lowest BCUT2D eigenvalue weighted by atomic mass is 10.2. The smallest absolute Gasteiger partial charge is 0.133 e. The van der Waals surface area contributed by atoms with Crippen LogP contribution in [0.1, 0.15) is 13.3 Å². The van der Waals surface area contributed by atoms with Crippen LogP contribution < -0.4 is 0 Å². The van der Waals surface area contributed by atoms with Crippen LogP contribution in [0.2, 0.25) is 0 Å². The highest BCUT2D eigenvalue weighted by molar-refractivity contribution is 6.55. The molecule has 1 fully saturated rings. The Kier molecular flexibility index (Phi) is 2.37. The van der Waals surface area contributed by atoms with Crippen molar-refractivity contribution in [2.45, 2.75) is 13.3 Å². The van der Waals surface area contributed by atoms with Crippen LogP contribution in [0.4, 0.5) is 0 Å². The quantitative estimate of drug-likeness (QED) is 0.636. The van der Waals surface area contributed by atoms with Crippen molar-refractivity contribution in [2.24, 2.45) is 11.8 Å². The van der Waals surface area contributed by atoms with Crippen molar-refractivity contribution < 1.29 is 4.79 Å². The second-order valence-corrected chi connectivity index (χ2v) is 3.58. The lowest BCUT2D eigenvalue weighted by Gasteiger charge is -1.85. The van der Waals surface area contributed by atoms with Gasteiger partial charge in [0.15, 0.2) is 0 Å². The number of carbonyl (C=O) groups excluding carboxylic acids is 1. The molecule has 1 aliphatic carbocycles. The standard InChI is InChI=1S/C7H8Cl2O/c1-4(10)6-2-5(6)3-7(8)9/h3,5-6H,2H2,1H3. The van der Waals surface area contributed by atoms with Crippen LogP contribution in [0, 0.1) is 11.8 Å². The zero-order valence-electron chi connectivity index (χ0n) is 5.60. The second-order valence-electron chi connectivity index (χ2n) is 2.57. The number of hydrogen-bond acceptors (Lipinski definition) is 1. The molecular weight excluding hydrogens is 171 g/mol. The van der Waals surface area contributed by atoms with Gasteiger partial charge in [-0.3, -0.25) is 4.79 Å². The fourth-order valence-electron chi connectivity index (χ4n) is 1.03. The Morgan fingerprint density at radius 2 is 2.20 bits per heavy atom. The predicted octanol–water partition coefficient (Wildman–Crippen LogP) is 2.53. The maximum absolute atomic E-state index is 10.7. The summed E-state index contributed by atoms with van der Waals surface area (Å²) in [4.78, 5) is 10.7. The first-order chi connectivity index (χ1) is 4.61. The van der Waals surface area contributed by atoms with E-state index in [-0.39, 0.29) is 16.2 Å². The Labute approximate surface area is 70.0 Å². The fraction of sp³-hybridized carbons (Fsp3) is 0.571. The Hall–Kier alpha value is -0.0100. The Morgan fingerprint density at radius 3 is 2.50 bits per heavy atom. The van der Waals surface area contributed by atoms with Crippen LogP contribution in [0.3, 0.4) is 0 Å². The van der Waals surface area contributed by atoms with Crippen LogP contribution in [-0.2, 0) is 4.79 Å². The molecule has 0 amide bonds. The third kappa shape index (κ3) is 1.99. The van der Waals surface area contributed by atoms with E-state index in [1.54, 1.807) is 13.0 Å². The molecule has 0 saturated heterocycles. The first-order valence-electron chi connectivity index (χ1n) is 3.14. The van der Waals surface area contributed by atoms with Gasteiger partial charge < -0.3 is 0 Å². The van der Waals surface area contributed by atoms with Gasteiger partial charge in [-0.15, -0.1) is 0 Å². The summed E-state index contributed by atoms with van der Waals surface area (Å²) in [5.74, 6) is 0.728. The summed E-state index contributed by atoms with van der Waals surface area (Å²) in [6.45, 7) is 1.60. The Balaban J connectivity index is 2.40. The van der Waals surface area contributed by atoms with Crippen LogP contribution in [0.25, 0.3) is 0 Å². The molecule has 0 bridgehead atoms. The number of carbonyl (C=O) groups is 1. The molecular formula is C7H8Cl2O. The van der Waals surface area contributed by atoms with Crippen molar-refractivity contribution in [3.05, 3.63) is 10.6 Å². The van der Waals surface area contributed by atoms with E-state index in [4.69, 9.17) is 23.2 Å². The Bertz CT molecular complexity index is 182. The van der Waals surface area contributed by atoms with Gasteiger partial charge in [-0.2, -0.15) is 0 Å². The normalized spacial score (nSPS) is 29.5. The molecule has 0 heterocycles. The Morgan fingerprint density at radius 1 is 1.60 bits per heavy atom. The number of Topliss-reactive ketones (excluding diaryl/α,β-unsaturated/α-hetero) is 1. The van der Waals surface area contributed by atoms with Gasteiger partial charge in [0.05, 0.1) is 0 Å². The second kappa shape index (κ2) is 2.93. The van der Waals surface area contributed by atoms with Gasteiger partial charge in [-0.25, -0.2) is 0 Å². The summed E-state index contributed by atoms with van der Waals surface area (Å²) in [6, 6.07) is 0. The highest BCUT2D eigenvalue weighted by Crippen LogP contribution is 2.41. The van der Waals surface area contributed by atoms with Gasteiger partial charge in [0, 0.05) is 5.92 Å². The van der Waals surface area contributed by atoms with Gasteiger partial charge in [-0.05, 0) is 19.3 Å². The van der Waals surface area contributed by atoms with E-state index < -0.39 is 0 Å². The number of halogens is 2. The minimum atomic E-state index is 0.187. The SMILES string of the molecule is CC(=O)C1CC1C=C(Cl)Cl. The zero-order chi connectivity index (χ0) is 7.72. The summed E-state index contributed by atoms with van der Waals surface area (Å²) in [5, 5.41) is 0. The monoisotopic (exact) mass is 178 g/mol.